The van der Waals surface area contributed by atoms with Crippen LogP contribution in [0.2, 0.25) is 0 Å². The molecular formula is C14F9NO2. The molecule has 12 heteroatoms. The topological polar surface area (TPSA) is 37.4 Å². The van der Waals surface area contributed by atoms with E-state index in [0.29, 0.717) is 0 Å². The molecule has 2 amide bonds. The van der Waals surface area contributed by atoms with Crippen molar-refractivity contribution in [2.45, 2.75) is 0 Å². The molecule has 1 heterocycles. The van der Waals surface area contributed by atoms with E-state index in [1.165, 1.54) is 0 Å². The van der Waals surface area contributed by atoms with Gasteiger partial charge in [0.1, 0.15) is 5.69 Å². The van der Waals surface area contributed by atoms with Crippen molar-refractivity contribution in [3.8, 4) is 0 Å². The lowest BCUT2D eigenvalue weighted by Crippen LogP contribution is -2.32. The number of carbonyl (C=O) groups is 2. The molecule has 3 rings (SSSR count). The van der Waals surface area contributed by atoms with Crippen LogP contribution in [0.15, 0.2) is 0 Å². The van der Waals surface area contributed by atoms with Crippen LogP contribution in [0.4, 0.5) is 45.2 Å². The van der Waals surface area contributed by atoms with Gasteiger partial charge in [-0.05, 0) is 0 Å². The van der Waals surface area contributed by atoms with Crippen molar-refractivity contribution in [3.05, 3.63) is 63.5 Å². The van der Waals surface area contributed by atoms with Crippen LogP contribution in [0.25, 0.3) is 0 Å². The molecule has 0 aromatic heterocycles. The SMILES string of the molecule is O=C1c2c(F)c(F)c(F)c(F)c2C(=O)N1c1c(F)c(F)c(F)c(F)c1F. The van der Waals surface area contributed by atoms with E-state index in [0.717, 1.165) is 0 Å². The number of halogens is 9. The van der Waals surface area contributed by atoms with E-state index in [9.17, 15) is 49.1 Å². The molecule has 0 aliphatic carbocycles. The third-order valence-electron chi connectivity index (χ3n) is 3.51. The molecule has 3 nitrogen and oxygen atoms in total. The minimum Gasteiger partial charge on any atom is -0.268 e. The molecule has 2 aromatic carbocycles. The predicted octanol–water partition coefficient (Wildman–Crippen LogP) is 3.74. The van der Waals surface area contributed by atoms with E-state index < -0.39 is 85.9 Å². The second kappa shape index (κ2) is 5.47. The summed E-state index contributed by atoms with van der Waals surface area (Å²) in [6.45, 7) is 0. The lowest BCUT2D eigenvalue weighted by Gasteiger charge is -2.16. The summed E-state index contributed by atoms with van der Waals surface area (Å²) in [6, 6.07) is 0. The molecular weight excluding hydrogens is 385 g/mol. The first kappa shape index (κ1) is 17.8. The Morgan fingerprint density at radius 2 is 0.692 bits per heavy atom. The molecule has 26 heavy (non-hydrogen) atoms. The molecule has 0 saturated carbocycles. The molecule has 0 spiro atoms. The van der Waals surface area contributed by atoms with E-state index in [1.54, 1.807) is 0 Å². The highest BCUT2D eigenvalue weighted by Gasteiger charge is 2.47. The number of fused-ring (bicyclic) bond motifs is 1. The Morgan fingerprint density at radius 3 is 1.04 bits per heavy atom. The highest BCUT2D eigenvalue weighted by Crippen LogP contribution is 2.38. The van der Waals surface area contributed by atoms with E-state index in [2.05, 4.69) is 0 Å². The van der Waals surface area contributed by atoms with Crippen molar-refractivity contribution >= 4 is 17.5 Å². The number of anilines is 1. The van der Waals surface area contributed by atoms with Gasteiger partial charge in [-0.15, -0.1) is 0 Å². The van der Waals surface area contributed by atoms with Gasteiger partial charge in [-0.2, -0.15) is 0 Å². The second-order valence-corrected chi connectivity index (χ2v) is 4.87. The van der Waals surface area contributed by atoms with Gasteiger partial charge in [-0.1, -0.05) is 0 Å². The van der Waals surface area contributed by atoms with E-state index >= 15 is 0 Å². The fourth-order valence-corrected chi connectivity index (χ4v) is 2.34. The summed E-state index contributed by atoms with van der Waals surface area (Å²) in [7, 11) is 0. The van der Waals surface area contributed by atoms with Crippen molar-refractivity contribution < 1.29 is 49.1 Å². The average Bonchev–Trinajstić information content (AvgIpc) is 2.86. The Hall–Kier alpha value is -3.05. The molecule has 1 aliphatic rings. The van der Waals surface area contributed by atoms with Crippen LogP contribution in [-0.4, -0.2) is 11.8 Å². The Kier molecular flexibility index (Phi) is 3.74. The zero-order valence-electron chi connectivity index (χ0n) is 11.7. The van der Waals surface area contributed by atoms with Gasteiger partial charge < -0.3 is 0 Å². The van der Waals surface area contributed by atoms with Crippen molar-refractivity contribution in [1.82, 2.24) is 0 Å². The zero-order chi connectivity index (χ0) is 19.7. The summed E-state index contributed by atoms with van der Waals surface area (Å²) in [4.78, 5) is 23.2. The summed E-state index contributed by atoms with van der Waals surface area (Å²) in [5.74, 6) is -27.2. The van der Waals surface area contributed by atoms with Crippen LogP contribution in [-0.2, 0) is 0 Å². The third-order valence-corrected chi connectivity index (χ3v) is 3.51. The van der Waals surface area contributed by atoms with Gasteiger partial charge >= 0.3 is 0 Å². The number of rotatable bonds is 1. The van der Waals surface area contributed by atoms with Crippen LogP contribution < -0.4 is 4.90 Å². The summed E-state index contributed by atoms with van der Waals surface area (Å²) >= 11 is 0. The normalized spacial score (nSPS) is 13.7. The summed E-state index contributed by atoms with van der Waals surface area (Å²) in [5.41, 5.74) is -5.65. The smallest absolute Gasteiger partial charge is 0.268 e. The number of amides is 2. The Balaban J connectivity index is 2.36. The quantitative estimate of drug-likeness (QED) is 0.325. The molecule has 0 unspecified atom stereocenters. The minimum absolute atomic E-state index is 0.800. The van der Waals surface area contributed by atoms with Gasteiger partial charge in [0, 0.05) is 0 Å². The molecule has 2 aromatic rings. The van der Waals surface area contributed by atoms with Crippen LogP contribution in [0.3, 0.4) is 0 Å². The van der Waals surface area contributed by atoms with Crippen molar-refractivity contribution in [3.63, 3.8) is 0 Å². The maximum Gasteiger partial charge on any atom is 0.269 e. The minimum atomic E-state index is -2.64. The fraction of sp³-hybridized carbons (Fsp3) is 0. The number of nitrogens with zero attached hydrogens (tertiary/aromatic N) is 1. The van der Waals surface area contributed by atoms with Crippen molar-refractivity contribution in [2.24, 2.45) is 0 Å². The monoisotopic (exact) mass is 385 g/mol. The van der Waals surface area contributed by atoms with E-state index in [1.807, 2.05) is 0 Å². The molecule has 1 aliphatic heterocycles. The first-order valence-electron chi connectivity index (χ1n) is 6.28. The number of imide groups is 1. The fourth-order valence-electron chi connectivity index (χ4n) is 2.34. The first-order chi connectivity index (χ1) is 12.0. The summed E-state index contributed by atoms with van der Waals surface area (Å²) in [6.07, 6.45) is 0. The molecule has 0 fully saturated rings. The summed E-state index contributed by atoms with van der Waals surface area (Å²) < 4.78 is 121. The highest BCUT2D eigenvalue weighted by molar-refractivity contribution is 6.34. The van der Waals surface area contributed by atoms with Crippen LogP contribution >= 0.6 is 0 Å². The molecule has 0 atom stereocenters. The molecule has 0 N–H and O–H groups in total. The number of hydrogen-bond donors (Lipinski definition) is 0. The Labute approximate surface area is 136 Å². The van der Waals surface area contributed by atoms with Crippen molar-refractivity contribution in [2.75, 3.05) is 4.90 Å². The predicted molar refractivity (Wildman–Crippen MR) is 63.6 cm³/mol. The first-order valence-corrected chi connectivity index (χ1v) is 6.28. The van der Waals surface area contributed by atoms with Crippen LogP contribution in [0.1, 0.15) is 20.7 Å². The Morgan fingerprint density at radius 1 is 0.423 bits per heavy atom. The van der Waals surface area contributed by atoms with Gasteiger partial charge in [0.05, 0.1) is 11.1 Å². The third kappa shape index (κ3) is 1.98. The van der Waals surface area contributed by atoms with Crippen LogP contribution in [0, 0.1) is 52.4 Å². The van der Waals surface area contributed by atoms with Gasteiger partial charge in [-0.3, -0.25) is 9.59 Å². The lowest BCUT2D eigenvalue weighted by atomic mass is 10.1. The highest BCUT2D eigenvalue weighted by atomic mass is 19.2. The van der Waals surface area contributed by atoms with Gasteiger partial charge in [0.2, 0.25) is 5.82 Å². The number of hydrogen-bond acceptors (Lipinski definition) is 2. The van der Waals surface area contributed by atoms with Gasteiger partial charge in [0.25, 0.3) is 11.8 Å². The van der Waals surface area contributed by atoms with E-state index in [-0.39, 0.29) is 0 Å². The maximum atomic E-state index is 13.8. The van der Waals surface area contributed by atoms with Gasteiger partial charge in [-0.25, -0.2) is 44.4 Å². The number of benzene rings is 2. The maximum absolute atomic E-state index is 13.8. The van der Waals surface area contributed by atoms with Crippen LogP contribution in [0.5, 0.6) is 0 Å². The lowest BCUT2D eigenvalue weighted by molar-refractivity contribution is 0.0920. The Bertz CT molecular complexity index is 958. The average molecular weight is 385 g/mol. The second-order valence-electron chi connectivity index (χ2n) is 4.87. The standard InChI is InChI=1S/C14F9NO2/c15-3-1-2(4(16)6(18)5(3)17)14(26)24(13(1)25)12-10(22)8(20)7(19)9(21)11(12)23. The zero-order valence-corrected chi connectivity index (χ0v) is 11.7. The molecule has 0 radical (unpaired) electrons. The molecule has 136 valence electrons. The van der Waals surface area contributed by atoms with Gasteiger partial charge in [0.15, 0.2) is 46.5 Å². The molecule has 0 bridgehead atoms. The largest absolute Gasteiger partial charge is 0.269 e. The summed E-state index contributed by atoms with van der Waals surface area (Å²) in [5, 5.41) is 0. The molecule has 0 saturated heterocycles. The van der Waals surface area contributed by atoms with E-state index in [4.69, 9.17) is 0 Å². The van der Waals surface area contributed by atoms with Crippen molar-refractivity contribution in [1.29, 1.82) is 0 Å². The number of carbonyl (C=O) groups excluding carboxylic acids is 2.